The first-order chi connectivity index (χ1) is 6.89. The molecule has 0 aromatic rings. The van der Waals surface area contributed by atoms with Crippen molar-refractivity contribution in [3.05, 3.63) is 0 Å². The normalized spacial score (nSPS) is 24.8. The molecule has 1 saturated heterocycles. The van der Waals surface area contributed by atoms with Crippen LogP contribution in [0.5, 0.6) is 0 Å². The molecule has 15 heavy (non-hydrogen) atoms. The molecule has 0 saturated carbocycles. The van der Waals surface area contributed by atoms with Crippen LogP contribution in [-0.2, 0) is 0 Å². The Morgan fingerprint density at radius 3 is 2.60 bits per heavy atom. The van der Waals surface area contributed by atoms with Gasteiger partial charge >= 0.3 is 6.30 Å². The molecule has 0 aliphatic carbocycles. The SMILES string of the molecule is CC(C)NC[C@H]1CCCN(C(F)(F)F)C1. The molecule has 0 aromatic carbocycles. The molecule has 1 rings (SSSR count). The lowest BCUT2D eigenvalue weighted by Gasteiger charge is -2.34. The molecule has 1 N–H and O–H groups in total. The first-order valence-electron chi connectivity index (χ1n) is 5.44. The van der Waals surface area contributed by atoms with Crippen molar-refractivity contribution >= 4 is 0 Å². The van der Waals surface area contributed by atoms with E-state index in [2.05, 4.69) is 5.32 Å². The van der Waals surface area contributed by atoms with E-state index < -0.39 is 6.30 Å². The van der Waals surface area contributed by atoms with E-state index in [0.29, 0.717) is 23.9 Å². The third-order valence-electron chi connectivity index (χ3n) is 2.69. The summed E-state index contributed by atoms with van der Waals surface area (Å²) >= 11 is 0. The second-order valence-electron chi connectivity index (χ2n) is 4.49. The molecule has 1 heterocycles. The van der Waals surface area contributed by atoms with Crippen molar-refractivity contribution in [3.63, 3.8) is 0 Å². The van der Waals surface area contributed by atoms with Crippen molar-refractivity contribution in [2.45, 2.75) is 39.0 Å². The molecular weight excluding hydrogens is 205 g/mol. The molecule has 0 spiro atoms. The minimum atomic E-state index is -4.16. The summed E-state index contributed by atoms with van der Waals surface area (Å²) in [4.78, 5) is 0.628. The van der Waals surface area contributed by atoms with Crippen molar-refractivity contribution < 1.29 is 13.2 Å². The fourth-order valence-corrected chi connectivity index (χ4v) is 1.86. The molecule has 0 aromatic heterocycles. The maximum absolute atomic E-state index is 12.4. The Morgan fingerprint density at radius 1 is 1.40 bits per heavy atom. The summed E-state index contributed by atoms with van der Waals surface area (Å²) in [6, 6.07) is 0.339. The van der Waals surface area contributed by atoms with E-state index in [1.54, 1.807) is 0 Å². The van der Waals surface area contributed by atoms with Gasteiger partial charge in [0, 0.05) is 19.1 Å². The predicted molar refractivity (Wildman–Crippen MR) is 53.5 cm³/mol. The van der Waals surface area contributed by atoms with Gasteiger partial charge in [-0.05, 0) is 25.3 Å². The zero-order chi connectivity index (χ0) is 11.5. The Balaban J connectivity index is 2.36. The van der Waals surface area contributed by atoms with Crippen molar-refractivity contribution in [1.82, 2.24) is 10.2 Å². The number of nitrogens with zero attached hydrogens (tertiary/aromatic N) is 1. The van der Waals surface area contributed by atoms with E-state index in [4.69, 9.17) is 0 Å². The Labute approximate surface area is 88.8 Å². The summed E-state index contributed by atoms with van der Waals surface area (Å²) in [5.74, 6) is 0.128. The lowest BCUT2D eigenvalue weighted by atomic mass is 9.98. The average Bonchev–Trinajstić information content (AvgIpc) is 2.14. The largest absolute Gasteiger partial charge is 0.459 e. The number of alkyl halides is 3. The van der Waals surface area contributed by atoms with Gasteiger partial charge in [-0.2, -0.15) is 13.2 Å². The quantitative estimate of drug-likeness (QED) is 0.739. The van der Waals surface area contributed by atoms with Gasteiger partial charge in [-0.25, -0.2) is 4.90 Å². The van der Waals surface area contributed by atoms with Gasteiger partial charge < -0.3 is 5.32 Å². The van der Waals surface area contributed by atoms with Crippen molar-refractivity contribution in [2.24, 2.45) is 5.92 Å². The number of piperidine rings is 1. The lowest BCUT2D eigenvalue weighted by molar-refractivity contribution is -0.253. The highest BCUT2D eigenvalue weighted by atomic mass is 19.4. The smallest absolute Gasteiger partial charge is 0.314 e. The van der Waals surface area contributed by atoms with Crippen LogP contribution in [0.2, 0.25) is 0 Å². The van der Waals surface area contributed by atoms with E-state index >= 15 is 0 Å². The molecule has 0 amide bonds. The summed E-state index contributed by atoms with van der Waals surface area (Å²) < 4.78 is 37.3. The van der Waals surface area contributed by atoms with Crippen LogP contribution < -0.4 is 5.32 Å². The third-order valence-corrected chi connectivity index (χ3v) is 2.69. The van der Waals surface area contributed by atoms with E-state index in [9.17, 15) is 13.2 Å². The van der Waals surface area contributed by atoms with E-state index in [1.165, 1.54) is 0 Å². The summed E-state index contributed by atoms with van der Waals surface area (Å²) in [6.07, 6.45) is -2.62. The molecule has 5 heteroatoms. The van der Waals surface area contributed by atoms with Crippen LogP contribution in [0.15, 0.2) is 0 Å². The summed E-state index contributed by atoms with van der Waals surface area (Å²) in [5, 5.41) is 3.19. The van der Waals surface area contributed by atoms with Gasteiger partial charge in [-0.3, -0.25) is 0 Å². The first-order valence-corrected chi connectivity index (χ1v) is 5.44. The number of rotatable bonds is 3. The van der Waals surface area contributed by atoms with Crippen LogP contribution in [-0.4, -0.2) is 36.9 Å². The Morgan fingerprint density at radius 2 is 2.07 bits per heavy atom. The van der Waals surface area contributed by atoms with Gasteiger partial charge in [-0.1, -0.05) is 13.8 Å². The Kier molecular flexibility index (Phi) is 4.40. The van der Waals surface area contributed by atoms with Crippen LogP contribution in [0.25, 0.3) is 0 Å². The Bertz CT molecular complexity index is 192. The predicted octanol–water partition coefficient (Wildman–Crippen LogP) is 2.22. The van der Waals surface area contributed by atoms with Gasteiger partial charge in [0.25, 0.3) is 0 Å². The van der Waals surface area contributed by atoms with E-state index in [0.717, 1.165) is 6.42 Å². The highest BCUT2D eigenvalue weighted by molar-refractivity contribution is 4.76. The van der Waals surface area contributed by atoms with Gasteiger partial charge in [0.2, 0.25) is 0 Å². The number of likely N-dealkylation sites (tertiary alicyclic amines) is 1. The van der Waals surface area contributed by atoms with Crippen LogP contribution >= 0.6 is 0 Å². The minimum absolute atomic E-state index is 0.128. The lowest BCUT2D eigenvalue weighted by Crippen LogP contribution is -2.47. The molecule has 1 aliphatic heterocycles. The standard InChI is InChI=1S/C10H19F3N2/c1-8(2)14-6-9-4-3-5-15(7-9)10(11,12)13/h8-9,14H,3-7H2,1-2H3/t9-/m1/s1. The van der Waals surface area contributed by atoms with Crippen LogP contribution in [0, 0.1) is 5.92 Å². The fourth-order valence-electron chi connectivity index (χ4n) is 1.86. The molecule has 1 atom stereocenters. The monoisotopic (exact) mass is 224 g/mol. The maximum Gasteiger partial charge on any atom is 0.459 e. The minimum Gasteiger partial charge on any atom is -0.314 e. The van der Waals surface area contributed by atoms with Crippen LogP contribution in [0.3, 0.4) is 0 Å². The van der Waals surface area contributed by atoms with Crippen LogP contribution in [0.1, 0.15) is 26.7 Å². The van der Waals surface area contributed by atoms with Gasteiger partial charge in [0.05, 0.1) is 0 Å². The van der Waals surface area contributed by atoms with Gasteiger partial charge in [0.1, 0.15) is 0 Å². The average molecular weight is 224 g/mol. The second kappa shape index (κ2) is 5.16. The van der Waals surface area contributed by atoms with Gasteiger partial charge in [-0.15, -0.1) is 0 Å². The highest BCUT2D eigenvalue weighted by Gasteiger charge is 2.39. The maximum atomic E-state index is 12.4. The molecule has 2 nitrogen and oxygen atoms in total. The second-order valence-corrected chi connectivity index (χ2v) is 4.49. The zero-order valence-corrected chi connectivity index (χ0v) is 9.27. The fraction of sp³-hybridized carbons (Fsp3) is 1.00. The number of hydrogen-bond donors (Lipinski definition) is 1. The molecule has 1 aliphatic rings. The molecule has 0 unspecified atom stereocenters. The van der Waals surface area contributed by atoms with Crippen molar-refractivity contribution in [1.29, 1.82) is 0 Å². The first kappa shape index (κ1) is 12.8. The van der Waals surface area contributed by atoms with Crippen molar-refractivity contribution in [2.75, 3.05) is 19.6 Å². The third kappa shape index (κ3) is 4.38. The molecule has 0 radical (unpaired) electrons. The van der Waals surface area contributed by atoms with Crippen LogP contribution in [0.4, 0.5) is 13.2 Å². The molecule has 0 bridgehead atoms. The zero-order valence-electron chi connectivity index (χ0n) is 9.27. The number of nitrogens with one attached hydrogen (secondary N) is 1. The van der Waals surface area contributed by atoms with Crippen molar-refractivity contribution in [3.8, 4) is 0 Å². The summed E-state index contributed by atoms with van der Waals surface area (Å²) in [7, 11) is 0. The molecular formula is C10H19F3N2. The Hall–Kier alpha value is -0.290. The number of halogens is 3. The van der Waals surface area contributed by atoms with E-state index in [1.807, 2.05) is 13.8 Å². The van der Waals surface area contributed by atoms with E-state index in [-0.39, 0.29) is 19.0 Å². The number of hydrogen-bond acceptors (Lipinski definition) is 2. The summed E-state index contributed by atoms with van der Waals surface area (Å²) in [6.45, 7) is 4.99. The topological polar surface area (TPSA) is 15.3 Å². The highest BCUT2D eigenvalue weighted by Crippen LogP contribution is 2.27. The summed E-state index contributed by atoms with van der Waals surface area (Å²) in [5.41, 5.74) is 0. The molecule has 90 valence electrons. The molecule has 1 fully saturated rings. The van der Waals surface area contributed by atoms with Gasteiger partial charge in [0.15, 0.2) is 0 Å².